The van der Waals surface area contributed by atoms with E-state index in [4.69, 9.17) is 14.2 Å². The summed E-state index contributed by atoms with van der Waals surface area (Å²) in [7, 11) is 1.59. The highest BCUT2D eigenvalue weighted by Gasteiger charge is 2.39. The van der Waals surface area contributed by atoms with Crippen LogP contribution >= 0.6 is 0 Å². The van der Waals surface area contributed by atoms with Crippen molar-refractivity contribution in [1.29, 1.82) is 0 Å². The Bertz CT molecular complexity index is 1790. The number of likely N-dealkylation sites (tertiary alicyclic amines) is 1. The SMILES string of the molecule is COc1cc2ccc1Oc1cccc(c1)CO[C@H]1CN(C(=O)c3cccc(Cn4cccn4)c3)C[C@@H]1NC(=O)CN(C1CC1)C(=O)CC2. The molecule has 0 unspecified atom stereocenters. The van der Waals surface area contributed by atoms with Crippen LogP contribution in [0.5, 0.6) is 17.2 Å². The molecule has 4 bridgehead atoms. The van der Waals surface area contributed by atoms with Gasteiger partial charge in [0.15, 0.2) is 11.5 Å². The van der Waals surface area contributed by atoms with E-state index in [1.54, 1.807) is 29.2 Å². The molecule has 3 amide bonds. The number of ether oxygens (including phenoxy) is 3. The van der Waals surface area contributed by atoms with Crippen molar-refractivity contribution >= 4 is 17.7 Å². The van der Waals surface area contributed by atoms with Gasteiger partial charge in [-0.2, -0.15) is 5.10 Å². The van der Waals surface area contributed by atoms with Crippen molar-refractivity contribution in [3.63, 3.8) is 0 Å². The number of methoxy groups -OCH3 is 1. The molecule has 1 saturated carbocycles. The number of amides is 3. The van der Waals surface area contributed by atoms with Gasteiger partial charge in [-0.15, -0.1) is 0 Å². The monoisotopic (exact) mass is 649 g/mol. The van der Waals surface area contributed by atoms with Crippen molar-refractivity contribution in [2.75, 3.05) is 26.7 Å². The predicted octanol–water partition coefficient (Wildman–Crippen LogP) is 4.20. The fraction of sp³-hybridized carbons (Fsp3) is 0.351. The average Bonchev–Trinajstić information content (AvgIpc) is 3.67. The zero-order valence-electron chi connectivity index (χ0n) is 26.9. The maximum Gasteiger partial charge on any atom is 0.254 e. The molecule has 2 atom stereocenters. The number of nitrogens with zero attached hydrogens (tertiary/aromatic N) is 4. The first-order chi connectivity index (χ1) is 23.4. The number of nitrogens with one attached hydrogen (secondary N) is 1. The molecule has 2 fully saturated rings. The molecule has 48 heavy (non-hydrogen) atoms. The predicted molar refractivity (Wildman–Crippen MR) is 177 cm³/mol. The Labute approximate surface area is 279 Å². The highest BCUT2D eigenvalue weighted by atomic mass is 16.5. The number of carbonyl (C=O) groups excluding carboxylic acids is 3. The van der Waals surface area contributed by atoms with Gasteiger partial charge in [-0.1, -0.05) is 30.3 Å². The number of hydrogen-bond donors (Lipinski definition) is 1. The number of hydrogen-bond acceptors (Lipinski definition) is 7. The fourth-order valence-electron chi connectivity index (χ4n) is 6.40. The van der Waals surface area contributed by atoms with E-state index in [0.29, 0.717) is 42.3 Å². The molecule has 1 aromatic heterocycles. The summed E-state index contributed by atoms with van der Waals surface area (Å²) in [5.74, 6) is 1.30. The van der Waals surface area contributed by atoms with Crippen LogP contribution in [0.2, 0.25) is 0 Å². The summed E-state index contributed by atoms with van der Waals surface area (Å²) in [6.07, 6.45) is 5.69. The van der Waals surface area contributed by atoms with E-state index in [-0.39, 0.29) is 49.9 Å². The Morgan fingerprint density at radius 3 is 2.67 bits per heavy atom. The standard InChI is InChI=1S/C37H39N5O6/c1-46-33-19-25-9-13-32(33)48-30-8-3-6-27(18-30)24-47-34-22-40(37(45)28-7-2-5-26(17-28)20-41-16-4-15-38-41)21-31(34)39-35(43)23-42(29-11-12-29)36(44)14-10-25/h2-9,13,15-19,29,31,34H,10-12,14,20-24H2,1H3,(H,39,43)/t31-,34-/m0/s1. The fourth-order valence-corrected chi connectivity index (χ4v) is 6.40. The first-order valence-corrected chi connectivity index (χ1v) is 16.4. The average molecular weight is 650 g/mol. The van der Waals surface area contributed by atoms with Crippen LogP contribution in [0.25, 0.3) is 0 Å². The Balaban J connectivity index is 1.13. The summed E-state index contributed by atoms with van der Waals surface area (Å²) in [5, 5.41) is 7.39. The van der Waals surface area contributed by atoms with Crippen molar-refractivity contribution in [3.05, 3.63) is 107 Å². The number of aryl methyl sites for hydroxylation is 1. The second-order valence-electron chi connectivity index (χ2n) is 12.6. The third kappa shape index (κ3) is 7.36. The lowest BCUT2D eigenvalue weighted by molar-refractivity contribution is -0.137. The van der Waals surface area contributed by atoms with E-state index in [0.717, 1.165) is 29.5 Å². The highest BCUT2D eigenvalue weighted by molar-refractivity contribution is 5.95. The largest absolute Gasteiger partial charge is 0.493 e. The summed E-state index contributed by atoms with van der Waals surface area (Å²) in [4.78, 5) is 44.1. The van der Waals surface area contributed by atoms with Gasteiger partial charge in [-0.3, -0.25) is 19.1 Å². The van der Waals surface area contributed by atoms with Gasteiger partial charge in [0, 0.05) is 43.5 Å². The van der Waals surface area contributed by atoms with Gasteiger partial charge < -0.3 is 29.3 Å². The van der Waals surface area contributed by atoms with Crippen LogP contribution in [0.3, 0.4) is 0 Å². The van der Waals surface area contributed by atoms with E-state index >= 15 is 0 Å². The summed E-state index contributed by atoms with van der Waals surface area (Å²) < 4.78 is 20.1. The van der Waals surface area contributed by atoms with Gasteiger partial charge in [0.1, 0.15) is 5.75 Å². The number of benzene rings is 3. The highest BCUT2D eigenvalue weighted by Crippen LogP contribution is 2.34. The van der Waals surface area contributed by atoms with Gasteiger partial charge in [0.25, 0.3) is 5.91 Å². The molecule has 4 aromatic rings. The Morgan fingerprint density at radius 1 is 0.979 bits per heavy atom. The maximum atomic E-state index is 13.8. The minimum absolute atomic E-state index is 0.0334. The molecule has 0 spiro atoms. The lowest BCUT2D eigenvalue weighted by Crippen LogP contribution is -2.49. The topological polar surface area (TPSA) is 115 Å². The molecule has 1 N–H and O–H groups in total. The van der Waals surface area contributed by atoms with Crippen LogP contribution in [0, 0.1) is 0 Å². The quantitative estimate of drug-likeness (QED) is 0.345. The third-order valence-corrected chi connectivity index (χ3v) is 9.05. The molecule has 8 rings (SSSR count). The molecule has 3 aliphatic heterocycles. The van der Waals surface area contributed by atoms with Crippen molar-refractivity contribution in [2.24, 2.45) is 0 Å². The van der Waals surface area contributed by atoms with Crippen LogP contribution < -0.4 is 14.8 Å². The van der Waals surface area contributed by atoms with Gasteiger partial charge in [0.05, 0.1) is 39.0 Å². The molecule has 3 aromatic carbocycles. The number of aromatic nitrogens is 2. The van der Waals surface area contributed by atoms with Crippen LogP contribution in [-0.2, 0) is 33.9 Å². The Hall–Kier alpha value is -5.16. The first kappa shape index (κ1) is 31.4. The van der Waals surface area contributed by atoms with Crippen LogP contribution in [0.15, 0.2) is 85.2 Å². The van der Waals surface area contributed by atoms with Crippen molar-refractivity contribution in [3.8, 4) is 17.2 Å². The molecular formula is C37H39N5O6. The van der Waals surface area contributed by atoms with Crippen molar-refractivity contribution in [1.82, 2.24) is 24.9 Å². The third-order valence-electron chi connectivity index (χ3n) is 9.05. The molecular weight excluding hydrogens is 610 g/mol. The molecule has 4 aliphatic rings. The molecule has 248 valence electrons. The van der Waals surface area contributed by atoms with E-state index in [9.17, 15) is 14.4 Å². The Morgan fingerprint density at radius 2 is 1.85 bits per heavy atom. The summed E-state index contributed by atoms with van der Waals surface area (Å²) in [6, 6.07) is 22.3. The van der Waals surface area contributed by atoms with Gasteiger partial charge in [0.2, 0.25) is 11.8 Å². The molecule has 0 radical (unpaired) electrons. The zero-order chi connectivity index (χ0) is 33.0. The minimum Gasteiger partial charge on any atom is -0.493 e. The van der Waals surface area contributed by atoms with Gasteiger partial charge in [-0.25, -0.2) is 0 Å². The number of fused-ring (bicyclic) bond motifs is 9. The Kier molecular flexibility index (Phi) is 9.11. The van der Waals surface area contributed by atoms with E-state index in [2.05, 4.69) is 10.4 Å². The number of rotatable bonds is 5. The normalized spacial score (nSPS) is 20.3. The molecule has 4 heterocycles. The second kappa shape index (κ2) is 13.9. The summed E-state index contributed by atoms with van der Waals surface area (Å²) >= 11 is 0. The molecule has 11 nitrogen and oxygen atoms in total. The first-order valence-electron chi connectivity index (χ1n) is 16.4. The molecule has 1 aliphatic carbocycles. The number of carbonyl (C=O) groups is 3. The maximum absolute atomic E-state index is 13.8. The van der Waals surface area contributed by atoms with Gasteiger partial charge >= 0.3 is 0 Å². The van der Waals surface area contributed by atoms with Crippen molar-refractivity contribution in [2.45, 2.75) is 57.0 Å². The minimum atomic E-state index is -0.464. The van der Waals surface area contributed by atoms with E-state index < -0.39 is 12.1 Å². The lowest BCUT2D eigenvalue weighted by Gasteiger charge is -2.25. The van der Waals surface area contributed by atoms with Crippen LogP contribution in [0.1, 0.15) is 46.3 Å². The zero-order valence-corrected chi connectivity index (χ0v) is 26.9. The van der Waals surface area contributed by atoms with Gasteiger partial charge in [-0.05, 0) is 78.4 Å². The van der Waals surface area contributed by atoms with Crippen LogP contribution in [-0.4, -0.2) is 82.2 Å². The van der Waals surface area contributed by atoms with E-state index in [1.165, 1.54) is 0 Å². The molecule has 11 heteroatoms. The van der Waals surface area contributed by atoms with E-state index in [1.807, 2.05) is 77.6 Å². The second-order valence-corrected chi connectivity index (χ2v) is 12.6. The summed E-state index contributed by atoms with van der Waals surface area (Å²) in [6.45, 7) is 1.35. The smallest absolute Gasteiger partial charge is 0.254 e. The van der Waals surface area contributed by atoms with Crippen molar-refractivity contribution < 1.29 is 28.6 Å². The summed E-state index contributed by atoms with van der Waals surface area (Å²) in [5.41, 5.74) is 3.35. The molecule has 1 saturated heterocycles. The van der Waals surface area contributed by atoms with Crippen LogP contribution in [0.4, 0.5) is 0 Å². The lowest BCUT2D eigenvalue weighted by atomic mass is 10.1.